The SMILES string of the molecule is CC[C@H]1CCCCN1C(=O)c1cc2n(n1)[C@@H](C(F)(F)F)C[C@H](c1cccc(OC)c1)N2. The topological polar surface area (TPSA) is 59.4 Å². The number of alkyl halides is 3. The number of rotatable bonds is 4. The average Bonchev–Trinajstić information content (AvgIpc) is 3.21. The van der Waals surface area contributed by atoms with Crippen molar-refractivity contribution in [1.82, 2.24) is 14.7 Å². The highest BCUT2D eigenvalue weighted by atomic mass is 19.4. The molecule has 9 heteroatoms. The zero-order valence-electron chi connectivity index (χ0n) is 17.7. The Balaban J connectivity index is 1.66. The van der Waals surface area contributed by atoms with Crippen molar-refractivity contribution in [2.45, 2.75) is 63.3 Å². The number of piperidine rings is 1. The Hall–Kier alpha value is -2.71. The van der Waals surface area contributed by atoms with Crippen molar-refractivity contribution in [2.75, 3.05) is 19.0 Å². The van der Waals surface area contributed by atoms with Crippen molar-refractivity contribution in [3.8, 4) is 5.75 Å². The fraction of sp³-hybridized carbons (Fsp3) is 0.545. The second-order valence-electron chi connectivity index (χ2n) is 8.18. The third-order valence-corrected chi connectivity index (χ3v) is 6.26. The number of likely N-dealkylation sites (tertiary alicyclic amines) is 1. The summed E-state index contributed by atoms with van der Waals surface area (Å²) in [6.45, 7) is 2.64. The normalized spacial score (nSPS) is 23.8. The maximum atomic E-state index is 13.9. The van der Waals surface area contributed by atoms with E-state index in [1.54, 1.807) is 29.2 Å². The number of benzene rings is 1. The molecule has 1 saturated heterocycles. The molecule has 3 heterocycles. The van der Waals surface area contributed by atoms with E-state index in [9.17, 15) is 18.0 Å². The fourth-order valence-corrected chi connectivity index (χ4v) is 4.59. The maximum absolute atomic E-state index is 13.9. The first-order valence-corrected chi connectivity index (χ1v) is 10.7. The summed E-state index contributed by atoms with van der Waals surface area (Å²) in [5, 5.41) is 7.27. The lowest BCUT2D eigenvalue weighted by Crippen LogP contribution is -2.43. The zero-order valence-corrected chi connectivity index (χ0v) is 17.7. The summed E-state index contributed by atoms with van der Waals surface area (Å²) < 4.78 is 47.9. The smallest absolute Gasteiger partial charge is 0.410 e. The molecule has 0 aliphatic carbocycles. The van der Waals surface area contributed by atoms with Gasteiger partial charge in [-0.25, -0.2) is 4.68 Å². The number of hydrogen-bond donors (Lipinski definition) is 1. The molecule has 0 spiro atoms. The number of aromatic nitrogens is 2. The number of amides is 1. The molecule has 2 aliphatic rings. The van der Waals surface area contributed by atoms with Crippen molar-refractivity contribution >= 4 is 11.7 Å². The zero-order chi connectivity index (χ0) is 22.2. The molecule has 168 valence electrons. The average molecular weight is 436 g/mol. The van der Waals surface area contributed by atoms with Gasteiger partial charge >= 0.3 is 6.18 Å². The van der Waals surface area contributed by atoms with E-state index in [-0.39, 0.29) is 29.9 Å². The van der Waals surface area contributed by atoms with Gasteiger partial charge in [-0.05, 0) is 43.4 Å². The number of fused-ring (bicyclic) bond motifs is 1. The monoisotopic (exact) mass is 436 g/mol. The van der Waals surface area contributed by atoms with Crippen molar-refractivity contribution in [3.05, 3.63) is 41.6 Å². The third kappa shape index (κ3) is 4.22. The van der Waals surface area contributed by atoms with Gasteiger partial charge in [0, 0.05) is 25.1 Å². The molecular weight excluding hydrogens is 409 g/mol. The molecule has 2 aromatic rings. The van der Waals surface area contributed by atoms with Gasteiger partial charge in [-0.1, -0.05) is 19.1 Å². The first-order chi connectivity index (χ1) is 14.8. The summed E-state index contributed by atoms with van der Waals surface area (Å²) >= 11 is 0. The van der Waals surface area contributed by atoms with E-state index < -0.39 is 18.3 Å². The van der Waals surface area contributed by atoms with Gasteiger partial charge in [0.05, 0.1) is 13.2 Å². The molecule has 0 saturated carbocycles. The van der Waals surface area contributed by atoms with E-state index in [2.05, 4.69) is 10.4 Å². The lowest BCUT2D eigenvalue weighted by molar-refractivity contribution is -0.173. The van der Waals surface area contributed by atoms with Crippen molar-refractivity contribution in [3.63, 3.8) is 0 Å². The largest absolute Gasteiger partial charge is 0.497 e. The molecule has 1 aromatic heterocycles. The van der Waals surface area contributed by atoms with Crippen LogP contribution in [0.2, 0.25) is 0 Å². The molecule has 6 nitrogen and oxygen atoms in total. The third-order valence-electron chi connectivity index (χ3n) is 6.26. The maximum Gasteiger partial charge on any atom is 0.410 e. The van der Waals surface area contributed by atoms with Gasteiger partial charge in [-0.3, -0.25) is 4.79 Å². The van der Waals surface area contributed by atoms with Crippen LogP contribution >= 0.6 is 0 Å². The minimum Gasteiger partial charge on any atom is -0.497 e. The van der Waals surface area contributed by atoms with Crippen LogP contribution in [0.25, 0.3) is 0 Å². The Morgan fingerprint density at radius 3 is 2.81 bits per heavy atom. The molecule has 1 N–H and O–H groups in total. The summed E-state index contributed by atoms with van der Waals surface area (Å²) in [5.41, 5.74) is 0.749. The molecule has 0 radical (unpaired) electrons. The first-order valence-electron chi connectivity index (χ1n) is 10.7. The second-order valence-corrected chi connectivity index (χ2v) is 8.18. The number of hydrogen-bond acceptors (Lipinski definition) is 4. The molecule has 4 rings (SSSR count). The molecule has 1 amide bonds. The van der Waals surface area contributed by atoms with Gasteiger partial charge < -0.3 is 15.0 Å². The lowest BCUT2D eigenvalue weighted by Gasteiger charge is -2.34. The van der Waals surface area contributed by atoms with Crippen LogP contribution in [0.5, 0.6) is 5.75 Å². The van der Waals surface area contributed by atoms with Crippen LogP contribution in [0.15, 0.2) is 30.3 Å². The van der Waals surface area contributed by atoms with Crippen LogP contribution in [0, 0.1) is 0 Å². The highest BCUT2D eigenvalue weighted by Crippen LogP contribution is 2.44. The Morgan fingerprint density at radius 1 is 1.29 bits per heavy atom. The van der Waals surface area contributed by atoms with Crippen LogP contribution in [0.3, 0.4) is 0 Å². The van der Waals surface area contributed by atoms with Crippen LogP contribution in [0.1, 0.15) is 67.2 Å². The quantitative estimate of drug-likeness (QED) is 0.736. The van der Waals surface area contributed by atoms with E-state index >= 15 is 0 Å². The number of ether oxygens (including phenoxy) is 1. The van der Waals surface area contributed by atoms with Crippen LogP contribution in [-0.2, 0) is 0 Å². The van der Waals surface area contributed by atoms with E-state index in [1.807, 2.05) is 6.92 Å². The summed E-state index contributed by atoms with van der Waals surface area (Å²) in [6, 6.07) is 6.16. The Labute approximate surface area is 179 Å². The predicted octanol–water partition coefficient (Wildman–Crippen LogP) is 4.96. The lowest BCUT2D eigenvalue weighted by atomic mass is 9.97. The second kappa shape index (κ2) is 8.43. The highest BCUT2D eigenvalue weighted by molar-refractivity contribution is 5.93. The number of anilines is 1. The summed E-state index contributed by atoms with van der Waals surface area (Å²) in [5.74, 6) is 0.484. The molecule has 1 aromatic carbocycles. The molecule has 3 atom stereocenters. The van der Waals surface area contributed by atoms with Gasteiger partial charge in [0.15, 0.2) is 11.7 Å². The standard InChI is InChI=1S/C22H27F3N4O2/c1-3-15-8-4-5-10-28(15)21(30)18-13-20-26-17(14-7-6-9-16(11-14)31-2)12-19(22(23,24)25)29(20)27-18/h6-7,9,11,13,15,17,19,26H,3-5,8,10,12H2,1-2H3/t15-,17+,19+/m0/s1. The van der Waals surface area contributed by atoms with E-state index in [4.69, 9.17) is 4.74 Å². The molecule has 0 bridgehead atoms. The molecule has 2 aliphatic heterocycles. The van der Waals surface area contributed by atoms with Gasteiger partial charge in [-0.15, -0.1) is 0 Å². The van der Waals surface area contributed by atoms with Gasteiger partial charge in [0.2, 0.25) is 0 Å². The van der Waals surface area contributed by atoms with Crippen molar-refractivity contribution in [2.24, 2.45) is 0 Å². The number of carbonyl (C=O) groups is 1. The predicted molar refractivity (Wildman–Crippen MR) is 110 cm³/mol. The van der Waals surface area contributed by atoms with Crippen molar-refractivity contribution in [1.29, 1.82) is 0 Å². The summed E-state index contributed by atoms with van der Waals surface area (Å²) in [4.78, 5) is 14.9. The minimum atomic E-state index is -4.49. The van der Waals surface area contributed by atoms with Crippen LogP contribution in [-0.4, -0.2) is 46.5 Å². The van der Waals surface area contributed by atoms with Gasteiger partial charge in [-0.2, -0.15) is 18.3 Å². The molecular formula is C22H27F3N4O2. The molecule has 0 unspecified atom stereocenters. The van der Waals surface area contributed by atoms with Crippen LogP contribution < -0.4 is 10.1 Å². The Kier molecular flexibility index (Phi) is 5.85. The van der Waals surface area contributed by atoms with Crippen LogP contribution in [0.4, 0.5) is 19.0 Å². The van der Waals surface area contributed by atoms with E-state index in [0.717, 1.165) is 30.4 Å². The summed E-state index contributed by atoms with van der Waals surface area (Å²) in [6.07, 6.45) is -1.02. The van der Waals surface area contributed by atoms with Crippen molar-refractivity contribution < 1.29 is 22.7 Å². The van der Waals surface area contributed by atoms with E-state index in [0.29, 0.717) is 17.9 Å². The highest BCUT2D eigenvalue weighted by Gasteiger charge is 2.47. The Morgan fingerprint density at radius 2 is 2.10 bits per heavy atom. The minimum absolute atomic E-state index is 0.0587. The molecule has 1 fully saturated rings. The van der Waals surface area contributed by atoms with Gasteiger partial charge in [0.1, 0.15) is 11.6 Å². The Bertz CT molecular complexity index is 943. The fourth-order valence-electron chi connectivity index (χ4n) is 4.59. The number of carbonyl (C=O) groups excluding carboxylic acids is 1. The number of nitrogens with one attached hydrogen (secondary N) is 1. The molecule has 31 heavy (non-hydrogen) atoms. The van der Waals surface area contributed by atoms with E-state index in [1.165, 1.54) is 13.2 Å². The van der Waals surface area contributed by atoms with Gasteiger partial charge in [0.25, 0.3) is 5.91 Å². The number of halogens is 3. The number of methoxy groups -OCH3 is 1. The summed E-state index contributed by atoms with van der Waals surface area (Å²) in [7, 11) is 1.52. The number of nitrogens with zero attached hydrogens (tertiary/aromatic N) is 3. The first kappa shape index (κ1) is 21.5.